The maximum Gasteiger partial charge on any atom is 0.0745 e. The third-order valence-electron chi connectivity index (χ3n) is 3.12. The lowest BCUT2D eigenvalue weighted by Crippen LogP contribution is -2.27. The molecule has 2 aromatic carbocycles. The van der Waals surface area contributed by atoms with E-state index in [0.29, 0.717) is 4.99 Å². The second-order valence-electron chi connectivity index (χ2n) is 4.29. The summed E-state index contributed by atoms with van der Waals surface area (Å²) in [4.78, 5) is 2.90. The summed E-state index contributed by atoms with van der Waals surface area (Å²) in [6.45, 7) is 3.98. The van der Waals surface area contributed by atoms with Crippen LogP contribution in [0, 0.1) is 0 Å². The molecule has 0 fully saturated rings. The van der Waals surface area contributed by atoms with Crippen molar-refractivity contribution in [1.29, 1.82) is 0 Å². The number of benzene rings is 2. The number of anilines is 1. The van der Waals surface area contributed by atoms with Crippen LogP contribution in [0.15, 0.2) is 42.5 Å². The zero-order valence-electron chi connectivity index (χ0n) is 10.6. The monoisotopic (exact) mass is 258 g/mol. The van der Waals surface area contributed by atoms with E-state index in [1.165, 1.54) is 16.5 Å². The highest BCUT2D eigenvalue weighted by Gasteiger charge is 2.08. The van der Waals surface area contributed by atoms with Gasteiger partial charge < -0.3 is 10.6 Å². The Bertz CT molecular complexity index is 546. The highest BCUT2D eigenvalue weighted by Crippen LogP contribution is 2.26. The molecule has 2 nitrogen and oxygen atoms in total. The number of fused-ring (bicyclic) bond motifs is 1. The van der Waals surface area contributed by atoms with E-state index in [9.17, 15) is 0 Å². The zero-order valence-corrected chi connectivity index (χ0v) is 11.4. The second-order valence-corrected chi connectivity index (χ2v) is 4.82. The molecule has 0 saturated heterocycles. The van der Waals surface area contributed by atoms with Crippen molar-refractivity contribution in [3.05, 3.63) is 42.5 Å². The van der Waals surface area contributed by atoms with Crippen LogP contribution in [-0.2, 0) is 0 Å². The van der Waals surface area contributed by atoms with Crippen LogP contribution in [0.3, 0.4) is 0 Å². The number of nitrogens with two attached hydrogens (primary N) is 1. The van der Waals surface area contributed by atoms with Crippen LogP contribution < -0.4 is 10.6 Å². The van der Waals surface area contributed by atoms with Gasteiger partial charge in [-0.15, -0.1) is 0 Å². The normalized spacial score (nSPS) is 10.5. The molecule has 2 N–H and O–H groups in total. The first kappa shape index (κ1) is 12.8. The summed E-state index contributed by atoms with van der Waals surface area (Å²) < 4.78 is 0. The summed E-state index contributed by atoms with van der Waals surface area (Å²) >= 11 is 4.96. The second kappa shape index (κ2) is 5.83. The number of hydrogen-bond donors (Lipinski definition) is 1. The Labute approximate surface area is 113 Å². The van der Waals surface area contributed by atoms with Crippen molar-refractivity contribution >= 4 is 33.7 Å². The lowest BCUT2D eigenvalue weighted by atomic mass is 10.1. The summed E-state index contributed by atoms with van der Waals surface area (Å²) in [5.41, 5.74) is 6.85. The van der Waals surface area contributed by atoms with E-state index in [0.717, 1.165) is 19.5 Å². The molecule has 0 aliphatic rings. The Morgan fingerprint density at radius 3 is 2.61 bits per heavy atom. The van der Waals surface area contributed by atoms with Crippen molar-refractivity contribution < 1.29 is 0 Å². The van der Waals surface area contributed by atoms with Gasteiger partial charge in [0.2, 0.25) is 0 Å². The van der Waals surface area contributed by atoms with E-state index in [1.807, 2.05) is 0 Å². The quantitative estimate of drug-likeness (QED) is 0.834. The molecule has 0 spiro atoms. The van der Waals surface area contributed by atoms with Crippen LogP contribution in [0.4, 0.5) is 5.69 Å². The summed E-state index contributed by atoms with van der Waals surface area (Å²) in [6, 6.07) is 14.8. The third kappa shape index (κ3) is 2.79. The Morgan fingerprint density at radius 1 is 1.17 bits per heavy atom. The van der Waals surface area contributed by atoms with Crippen molar-refractivity contribution in [1.82, 2.24) is 0 Å². The lowest BCUT2D eigenvalue weighted by Gasteiger charge is -2.24. The van der Waals surface area contributed by atoms with Crippen LogP contribution in [0.25, 0.3) is 10.8 Å². The minimum atomic E-state index is 0.577. The van der Waals surface area contributed by atoms with Crippen LogP contribution in [-0.4, -0.2) is 18.1 Å². The number of nitrogens with zero attached hydrogens (tertiary/aromatic N) is 1. The summed E-state index contributed by atoms with van der Waals surface area (Å²) in [5.74, 6) is 0. The van der Waals surface area contributed by atoms with Crippen molar-refractivity contribution in [3.8, 4) is 0 Å². The molecule has 0 aliphatic carbocycles. The van der Waals surface area contributed by atoms with Crippen LogP contribution >= 0.6 is 12.2 Å². The molecule has 2 aromatic rings. The average molecular weight is 258 g/mol. The van der Waals surface area contributed by atoms with E-state index in [-0.39, 0.29) is 0 Å². The predicted octanol–water partition coefficient (Wildman–Crippen LogP) is 3.34. The molecule has 0 saturated carbocycles. The smallest absolute Gasteiger partial charge is 0.0745 e. The van der Waals surface area contributed by atoms with Crippen molar-refractivity contribution in [2.75, 3.05) is 18.0 Å². The van der Waals surface area contributed by atoms with Gasteiger partial charge in [0.1, 0.15) is 0 Å². The standard InChI is InChI=1S/C15H18N2S/c1-2-17(11-10-15(16)18)14-9-5-7-12-6-3-4-8-13(12)14/h3-9H,2,10-11H2,1H3,(H2,16,18). The molecule has 2 rings (SSSR count). The van der Waals surface area contributed by atoms with Crippen molar-refractivity contribution in [2.24, 2.45) is 5.73 Å². The first-order chi connectivity index (χ1) is 8.72. The summed E-state index contributed by atoms with van der Waals surface area (Å²) in [7, 11) is 0. The van der Waals surface area contributed by atoms with Gasteiger partial charge in [0.05, 0.1) is 4.99 Å². The minimum Gasteiger partial charge on any atom is -0.393 e. The predicted molar refractivity (Wildman–Crippen MR) is 83.2 cm³/mol. The molecule has 3 heteroatoms. The van der Waals surface area contributed by atoms with Gasteiger partial charge in [0.25, 0.3) is 0 Å². The van der Waals surface area contributed by atoms with Crippen LogP contribution in [0.1, 0.15) is 13.3 Å². The SMILES string of the molecule is CCN(CCC(N)=S)c1cccc2ccccc12. The molecular weight excluding hydrogens is 240 g/mol. The molecule has 0 aliphatic heterocycles. The number of hydrogen-bond acceptors (Lipinski definition) is 2. The summed E-state index contributed by atoms with van der Waals surface area (Å²) in [6.07, 6.45) is 0.756. The van der Waals surface area contributed by atoms with Crippen LogP contribution in [0.2, 0.25) is 0 Å². The number of thiocarbonyl (C=S) groups is 1. The molecule has 0 radical (unpaired) electrons. The van der Waals surface area contributed by atoms with E-state index in [4.69, 9.17) is 18.0 Å². The van der Waals surface area contributed by atoms with E-state index < -0.39 is 0 Å². The van der Waals surface area contributed by atoms with Crippen LogP contribution in [0.5, 0.6) is 0 Å². The molecule has 0 aromatic heterocycles. The average Bonchev–Trinajstić information content (AvgIpc) is 2.39. The molecule has 18 heavy (non-hydrogen) atoms. The van der Waals surface area contributed by atoms with Gasteiger partial charge >= 0.3 is 0 Å². The fourth-order valence-electron chi connectivity index (χ4n) is 2.18. The Kier molecular flexibility index (Phi) is 4.15. The van der Waals surface area contributed by atoms with Gasteiger partial charge in [-0.3, -0.25) is 0 Å². The molecule has 94 valence electrons. The fraction of sp³-hybridized carbons (Fsp3) is 0.267. The van der Waals surface area contributed by atoms with E-state index in [2.05, 4.69) is 54.3 Å². The zero-order chi connectivity index (χ0) is 13.0. The highest BCUT2D eigenvalue weighted by molar-refractivity contribution is 7.80. The van der Waals surface area contributed by atoms with E-state index >= 15 is 0 Å². The van der Waals surface area contributed by atoms with Crippen molar-refractivity contribution in [2.45, 2.75) is 13.3 Å². The first-order valence-electron chi connectivity index (χ1n) is 6.23. The first-order valence-corrected chi connectivity index (χ1v) is 6.64. The Morgan fingerprint density at radius 2 is 1.89 bits per heavy atom. The van der Waals surface area contributed by atoms with Gasteiger partial charge in [0, 0.05) is 30.6 Å². The van der Waals surface area contributed by atoms with Gasteiger partial charge in [0.15, 0.2) is 0 Å². The Balaban J connectivity index is 2.35. The Hall–Kier alpha value is -1.61. The van der Waals surface area contributed by atoms with Crippen molar-refractivity contribution in [3.63, 3.8) is 0 Å². The molecular formula is C15H18N2S. The molecule has 0 bridgehead atoms. The number of rotatable bonds is 5. The summed E-state index contributed by atoms with van der Waals surface area (Å²) in [5, 5.41) is 2.55. The highest BCUT2D eigenvalue weighted by atomic mass is 32.1. The minimum absolute atomic E-state index is 0.577. The fourth-order valence-corrected chi connectivity index (χ4v) is 2.27. The maximum absolute atomic E-state index is 5.59. The van der Waals surface area contributed by atoms with Gasteiger partial charge in [-0.2, -0.15) is 0 Å². The molecule has 0 unspecified atom stereocenters. The largest absolute Gasteiger partial charge is 0.393 e. The van der Waals surface area contributed by atoms with Gasteiger partial charge in [-0.25, -0.2) is 0 Å². The lowest BCUT2D eigenvalue weighted by molar-refractivity contribution is 0.841. The van der Waals surface area contributed by atoms with Gasteiger partial charge in [-0.05, 0) is 18.4 Å². The third-order valence-corrected chi connectivity index (χ3v) is 3.32. The molecule has 0 heterocycles. The van der Waals surface area contributed by atoms with E-state index in [1.54, 1.807) is 0 Å². The molecule has 0 atom stereocenters. The maximum atomic E-state index is 5.59. The topological polar surface area (TPSA) is 29.3 Å². The van der Waals surface area contributed by atoms with Gasteiger partial charge in [-0.1, -0.05) is 48.6 Å². The molecule has 0 amide bonds.